The molecule has 0 fully saturated rings. The lowest BCUT2D eigenvalue weighted by Gasteiger charge is -2.07. The molecule has 2 aromatic carbocycles. The van der Waals surface area contributed by atoms with E-state index >= 15 is 0 Å². The third kappa shape index (κ3) is 4.80. The van der Waals surface area contributed by atoms with Gasteiger partial charge in [0.1, 0.15) is 11.6 Å². The van der Waals surface area contributed by atoms with Gasteiger partial charge in [0.2, 0.25) is 4.80 Å². The summed E-state index contributed by atoms with van der Waals surface area (Å²) in [5.74, 6) is 0.547. The highest BCUT2D eigenvalue weighted by atomic mass is 32.1. The molecule has 0 bridgehead atoms. The Labute approximate surface area is 161 Å². The number of nitrogens with zero attached hydrogens (tertiary/aromatic N) is 3. The highest BCUT2D eigenvalue weighted by molar-refractivity contribution is 7.07. The Morgan fingerprint density at radius 3 is 2.74 bits per heavy atom. The first-order valence-corrected chi connectivity index (χ1v) is 9.44. The van der Waals surface area contributed by atoms with Crippen LogP contribution in [-0.2, 0) is 6.54 Å². The van der Waals surface area contributed by atoms with E-state index < -0.39 is 0 Å². The molecule has 0 saturated heterocycles. The molecule has 0 unspecified atom stereocenters. The van der Waals surface area contributed by atoms with Crippen molar-refractivity contribution in [2.24, 2.45) is 10.2 Å². The molecule has 0 aliphatic heterocycles. The second-order valence-electron chi connectivity index (χ2n) is 5.66. The molecular weight excluding hydrogens is 361 g/mol. The van der Waals surface area contributed by atoms with Crippen molar-refractivity contribution in [2.45, 2.75) is 13.5 Å². The Kier molecular flexibility index (Phi) is 6.33. The zero-order valence-electron chi connectivity index (χ0n) is 15.0. The molecule has 0 aliphatic rings. The van der Waals surface area contributed by atoms with Crippen molar-refractivity contribution in [1.82, 2.24) is 4.57 Å². The van der Waals surface area contributed by atoms with Gasteiger partial charge >= 0.3 is 0 Å². The van der Waals surface area contributed by atoms with E-state index in [4.69, 9.17) is 4.74 Å². The summed E-state index contributed by atoms with van der Waals surface area (Å²) in [6.45, 7) is 7.04. The van der Waals surface area contributed by atoms with Gasteiger partial charge in [-0.3, -0.25) is 0 Å². The Bertz CT molecular complexity index is 1000. The van der Waals surface area contributed by atoms with E-state index in [1.165, 1.54) is 29.7 Å². The number of hydrogen-bond acceptors (Lipinski definition) is 4. The number of halogens is 1. The SMILES string of the molecule is C=CCn1c(-c2ccc(OCC)cc2)cs/c1=N/N=C/c1cccc(F)c1. The number of aromatic nitrogens is 1. The number of thiazole rings is 1. The van der Waals surface area contributed by atoms with Gasteiger partial charge in [0.15, 0.2) is 0 Å². The minimum Gasteiger partial charge on any atom is -0.494 e. The summed E-state index contributed by atoms with van der Waals surface area (Å²) >= 11 is 1.49. The maximum atomic E-state index is 13.2. The Morgan fingerprint density at radius 1 is 1.22 bits per heavy atom. The first-order valence-electron chi connectivity index (χ1n) is 8.56. The quantitative estimate of drug-likeness (QED) is 0.327. The van der Waals surface area contributed by atoms with Crippen molar-refractivity contribution >= 4 is 17.6 Å². The molecule has 0 radical (unpaired) electrons. The molecule has 27 heavy (non-hydrogen) atoms. The lowest BCUT2D eigenvalue weighted by Crippen LogP contribution is -2.14. The van der Waals surface area contributed by atoms with Crippen LogP contribution in [0.5, 0.6) is 5.75 Å². The van der Waals surface area contributed by atoms with Gasteiger partial charge in [-0.15, -0.1) is 23.0 Å². The second-order valence-corrected chi connectivity index (χ2v) is 6.50. The van der Waals surface area contributed by atoms with Gasteiger partial charge in [0.25, 0.3) is 0 Å². The third-order valence-electron chi connectivity index (χ3n) is 3.77. The van der Waals surface area contributed by atoms with Crippen LogP contribution >= 0.6 is 11.3 Å². The fourth-order valence-corrected chi connectivity index (χ4v) is 3.44. The molecule has 0 atom stereocenters. The van der Waals surface area contributed by atoms with Crippen LogP contribution in [0.15, 0.2) is 76.8 Å². The standard InChI is InChI=1S/C21H20FN3OS/c1-3-12-25-20(17-8-10-19(11-9-17)26-4-2)15-27-21(25)24-23-14-16-6-5-7-18(22)13-16/h3,5-11,13-15H,1,4,12H2,2H3/b23-14+,24-21+. The summed E-state index contributed by atoms with van der Waals surface area (Å²) in [6.07, 6.45) is 3.36. The van der Waals surface area contributed by atoms with Crippen LogP contribution in [0.2, 0.25) is 0 Å². The number of benzene rings is 2. The minimum atomic E-state index is -0.297. The van der Waals surface area contributed by atoms with Gasteiger partial charge < -0.3 is 9.30 Å². The highest BCUT2D eigenvalue weighted by Gasteiger charge is 2.07. The topological polar surface area (TPSA) is 38.9 Å². The normalized spacial score (nSPS) is 11.9. The van der Waals surface area contributed by atoms with Crippen LogP contribution in [0.4, 0.5) is 4.39 Å². The van der Waals surface area contributed by atoms with Crippen molar-refractivity contribution in [3.8, 4) is 17.0 Å². The third-order valence-corrected chi connectivity index (χ3v) is 4.62. The number of ether oxygens (including phenoxy) is 1. The van der Waals surface area contributed by atoms with Crippen molar-refractivity contribution in [3.05, 3.63) is 82.7 Å². The van der Waals surface area contributed by atoms with Crippen molar-refractivity contribution in [2.75, 3.05) is 6.61 Å². The second kappa shape index (κ2) is 9.09. The molecule has 0 spiro atoms. The summed E-state index contributed by atoms with van der Waals surface area (Å²) in [5, 5.41) is 10.4. The first-order chi connectivity index (χ1) is 13.2. The van der Waals surface area contributed by atoms with Gasteiger partial charge in [-0.25, -0.2) is 4.39 Å². The number of allylic oxidation sites excluding steroid dienone is 1. The van der Waals surface area contributed by atoms with E-state index in [9.17, 15) is 4.39 Å². The predicted molar refractivity (Wildman–Crippen MR) is 109 cm³/mol. The van der Waals surface area contributed by atoms with Crippen LogP contribution < -0.4 is 9.54 Å². The van der Waals surface area contributed by atoms with Crippen LogP contribution in [0, 0.1) is 5.82 Å². The van der Waals surface area contributed by atoms with Crippen LogP contribution in [0.3, 0.4) is 0 Å². The largest absolute Gasteiger partial charge is 0.494 e. The van der Waals surface area contributed by atoms with E-state index in [0.717, 1.165) is 21.8 Å². The molecular formula is C21H20FN3OS. The molecule has 1 heterocycles. The summed E-state index contributed by atoms with van der Waals surface area (Å²) in [5.41, 5.74) is 2.76. The number of rotatable bonds is 7. The maximum Gasteiger partial charge on any atom is 0.211 e. The van der Waals surface area contributed by atoms with Crippen molar-refractivity contribution in [1.29, 1.82) is 0 Å². The molecule has 6 heteroatoms. The van der Waals surface area contributed by atoms with E-state index in [1.54, 1.807) is 12.1 Å². The van der Waals surface area contributed by atoms with Crippen LogP contribution in [0.25, 0.3) is 11.3 Å². The molecule has 0 N–H and O–H groups in total. The molecule has 4 nitrogen and oxygen atoms in total. The van der Waals surface area contributed by atoms with Crippen LogP contribution in [-0.4, -0.2) is 17.4 Å². The monoisotopic (exact) mass is 381 g/mol. The first kappa shape index (κ1) is 18.8. The summed E-state index contributed by atoms with van der Waals surface area (Å²) in [6, 6.07) is 14.2. The lowest BCUT2D eigenvalue weighted by atomic mass is 10.1. The van der Waals surface area contributed by atoms with Gasteiger partial charge in [0.05, 0.1) is 18.5 Å². The molecule has 0 aliphatic carbocycles. The van der Waals surface area contributed by atoms with Gasteiger partial charge in [0, 0.05) is 11.9 Å². The van der Waals surface area contributed by atoms with E-state index in [1.807, 2.05) is 47.2 Å². The van der Waals surface area contributed by atoms with Gasteiger partial charge in [-0.2, -0.15) is 5.10 Å². The van der Waals surface area contributed by atoms with E-state index in [0.29, 0.717) is 18.7 Å². The number of hydrogen-bond donors (Lipinski definition) is 0. The molecule has 138 valence electrons. The lowest BCUT2D eigenvalue weighted by molar-refractivity contribution is 0.340. The fraction of sp³-hybridized carbons (Fsp3) is 0.143. The average Bonchev–Trinajstić information content (AvgIpc) is 3.06. The highest BCUT2D eigenvalue weighted by Crippen LogP contribution is 2.23. The summed E-state index contributed by atoms with van der Waals surface area (Å²) in [4.78, 5) is 0.742. The predicted octanol–water partition coefficient (Wildman–Crippen LogP) is 4.88. The van der Waals surface area contributed by atoms with Gasteiger partial charge in [-0.05, 0) is 54.4 Å². The molecule has 3 rings (SSSR count). The summed E-state index contributed by atoms with van der Waals surface area (Å²) in [7, 11) is 0. The van der Waals surface area contributed by atoms with Crippen molar-refractivity contribution in [3.63, 3.8) is 0 Å². The zero-order valence-corrected chi connectivity index (χ0v) is 15.8. The molecule has 3 aromatic rings. The zero-order chi connectivity index (χ0) is 19.1. The maximum absolute atomic E-state index is 13.2. The molecule has 0 saturated carbocycles. The minimum absolute atomic E-state index is 0.297. The Balaban J connectivity index is 1.91. The average molecular weight is 381 g/mol. The van der Waals surface area contributed by atoms with E-state index in [2.05, 4.69) is 16.8 Å². The molecule has 0 amide bonds. The summed E-state index contributed by atoms with van der Waals surface area (Å²) < 4.78 is 20.8. The molecule has 1 aromatic heterocycles. The van der Waals surface area contributed by atoms with E-state index in [-0.39, 0.29) is 5.82 Å². The van der Waals surface area contributed by atoms with Crippen LogP contribution in [0.1, 0.15) is 12.5 Å². The smallest absolute Gasteiger partial charge is 0.211 e. The Morgan fingerprint density at radius 2 is 2.04 bits per heavy atom. The van der Waals surface area contributed by atoms with Gasteiger partial charge in [-0.1, -0.05) is 18.2 Å². The fourth-order valence-electron chi connectivity index (χ4n) is 2.57. The van der Waals surface area contributed by atoms with Crippen molar-refractivity contribution < 1.29 is 9.13 Å². The Hall–Kier alpha value is -2.99.